The third-order valence-corrected chi connectivity index (χ3v) is 5.61. The third kappa shape index (κ3) is 3.95. The van der Waals surface area contributed by atoms with Crippen molar-refractivity contribution < 1.29 is 18.0 Å². The molecule has 3 aromatic rings. The first kappa shape index (κ1) is 20.8. The van der Waals surface area contributed by atoms with Gasteiger partial charge in [-0.25, -0.2) is 0 Å². The van der Waals surface area contributed by atoms with E-state index in [0.717, 1.165) is 35.8 Å². The quantitative estimate of drug-likeness (QED) is 0.651. The second-order valence-electron chi connectivity index (χ2n) is 7.63. The summed E-state index contributed by atoms with van der Waals surface area (Å²) in [7, 11) is 1.65. The zero-order chi connectivity index (χ0) is 22.3. The van der Waals surface area contributed by atoms with Gasteiger partial charge in [0.25, 0.3) is 5.91 Å². The van der Waals surface area contributed by atoms with Gasteiger partial charge >= 0.3 is 6.18 Å². The van der Waals surface area contributed by atoms with E-state index in [1.807, 2.05) is 18.2 Å². The molecule has 0 aliphatic carbocycles. The average Bonchev–Trinajstić information content (AvgIpc) is 3.26. The molecule has 0 fully saturated rings. The number of carbonyl (C=O) groups excluding carboxylic acids is 1. The van der Waals surface area contributed by atoms with Gasteiger partial charge in [0, 0.05) is 31.4 Å². The Morgan fingerprint density at radius 2 is 1.97 bits per heavy atom. The normalized spacial score (nSPS) is 13.5. The number of nitrogens with two attached hydrogens (primary N) is 2. The first-order chi connectivity index (χ1) is 14.6. The van der Waals surface area contributed by atoms with Crippen LogP contribution in [0.15, 0.2) is 42.5 Å². The van der Waals surface area contributed by atoms with Crippen LogP contribution in [0.4, 0.5) is 24.7 Å². The molecule has 1 aliphatic heterocycles. The van der Waals surface area contributed by atoms with Gasteiger partial charge in [0.05, 0.1) is 5.56 Å². The van der Waals surface area contributed by atoms with Crippen molar-refractivity contribution >= 4 is 17.4 Å². The van der Waals surface area contributed by atoms with E-state index < -0.39 is 17.6 Å². The number of benzene rings is 2. The summed E-state index contributed by atoms with van der Waals surface area (Å²) in [5.41, 5.74) is 14.9. The standard InChI is InChI=1S/C22H22F3N5O/c1-29-20(26)18(21(27)31)19(28-29)15-5-6-17-14(12-15)8-10-30(17)9-7-13-3-2-4-16(11-13)22(23,24)25/h2-6,11-12H,7-10,26H2,1H3,(H2,27,31). The number of hydrogen-bond acceptors (Lipinski definition) is 4. The van der Waals surface area contributed by atoms with E-state index in [2.05, 4.69) is 10.00 Å². The van der Waals surface area contributed by atoms with Crippen molar-refractivity contribution in [1.29, 1.82) is 0 Å². The van der Waals surface area contributed by atoms with E-state index >= 15 is 0 Å². The second kappa shape index (κ2) is 7.64. The number of primary amides is 1. The molecular formula is C22H22F3N5O. The van der Waals surface area contributed by atoms with Crippen LogP contribution in [0.5, 0.6) is 0 Å². The van der Waals surface area contributed by atoms with Gasteiger partial charge in [0.1, 0.15) is 17.1 Å². The molecule has 4 rings (SSSR count). The maximum atomic E-state index is 12.9. The van der Waals surface area contributed by atoms with Crippen LogP contribution in [-0.2, 0) is 26.1 Å². The van der Waals surface area contributed by atoms with Crippen molar-refractivity contribution in [2.45, 2.75) is 19.0 Å². The lowest BCUT2D eigenvalue weighted by molar-refractivity contribution is -0.137. The predicted molar refractivity (Wildman–Crippen MR) is 113 cm³/mol. The van der Waals surface area contributed by atoms with Crippen LogP contribution in [0, 0.1) is 0 Å². The molecule has 2 aromatic carbocycles. The summed E-state index contributed by atoms with van der Waals surface area (Å²) in [4.78, 5) is 14.0. The number of alkyl halides is 3. The van der Waals surface area contributed by atoms with E-state index in [1.165, 1.54) is 16.8 Å². The Labute approximate surface area is 177 Å². The summed E-state index contributed by atoms with van der Waals surface area (Å²) in [5, 5.41) is 4.34. The fraction of sp³-hybridized carbons (Fsp3) is 0.273. The Hall–Kier alpha value is -3.49. The van der Waals surface area contributed by atoms with Gasteiger partial charge in [0.15, 0.2) is 0 Å². The minimum atomic E-state index is -4.34. The maximum Gasteiger partial charge on any atom is 0.416 e. The summed E-state index contributed by atoms with van der Waals surface area (Å²) in [6.07, 6.45) is -3.04. The Balaban J connectivity index is 1.54. The molecule has 4 N–H and O–H groups in total. The topological polar surface area (TPSA) is 90.2 Å². The van der Waals surface area contributed by atoms with Crippen molar-refractivity contribution in [2.24, 2.45) is 12.8 Å². The molecule has 0 spiro atoms. The van der Waals surface area contributed by atoms with Gasteiger partial charge < -0.3 is 16.4 Å². The van der Waals surface area contributed by atoms with Gasteiger partial charge in [-0.05, 0) is 42.2 Å². The summed E-state index contributed by atoms with van der Waals surface area (Å²) >= 11 is 0. The summed E-state index contributed by atoms with van der Waals surface area (Å²) in [6, 6.07) is 11.2. The number of nitrogens with zero attached hydrogens (tertiary/aromatic N) is 3. The Bertz CT molecular complexity index is 1150. The van der Waals surface area contributed by atoms with Crippen LogP contribution in [0.1, 0.15) is 27.0 Å². The van der Waals surface area contributed by atoms with Gasteiger partial charge in [-0.15, -0.1) is 0 Å². The number of halogens is 3. The molecule has 0 saturated carbocycles. The zero-order valence-corrected chi connectivity index (χ0v) is 16.9. The van der Waals surface area contributed by atoms with E-state index in [1.54, 1.807) is 13.1 Å². The van der Waals surface area contributed by atoms with Gasteiger partial charge in [-0.2, -0.15) is 18.3 Å². The molecule has 6 nitrogen and oxygen atoms in total. The number of aromatic nitrogens is 2. The molecule has 0 saturated heterocycles. The smallest absolute Gasteiger partial charge is 0.383 e. The zero-order valence-electron chi connectivity index (χ0n) is 16.9. The molecule has 1 amide bonds. The molecule has 0 radical (unpaired) electrons. The molecule has 1 aromatic heterocycles. The van der Waals surface area contributed by atoms with E-state index in [-0.39, 0.29) is 11.4 Å². The molecule has 2 heterocycles. The highest BCUT2D eigenvalue weighted by atomic mass is 19.4. The minimum absolute atomic E-state index is 0.196. The molecule has 162 valence electrons. The molecule has 0 bridgehead atoms. The average molecular weight is 429 g/mol. The number of amides is 1. The number of hydrogen-bond donors (Lipinski definition) is 2. The van der Waals surface area contributed by atoms with Crippen molar-refractivity contribution in [3.05, 3.63) is 64.7 Å². The lowest BCUT2D eigenvalue weighted by Crippen LogP contribution is -2.23. The lowest BCUT2D eigenvalue weighted by Gasteiger charge is -2.20. The monoisotopic (exact) mass is 429 g/mol. The van der Waals surface area contributed by atoms with Crippen LogP contribution < -0.4 is 16.4 Å². The van der Waals surface area contributed by atoms with Crippen LogP contribution in [0.3, 0.4) is 0 Å². The molecule has 1 aliphatic rings. The summed E-state index contributed by atoms with van der Waals surface area (Å²) < 4.78 is 40.2. The Morgan fingerprint density at radius 1 is 1.19 bits per heavy atom. The van der Waals surface area contributed by atoms with Crippen LogP contribution in [-0.4, -0.2) is 28.8 Å². The number of aryl methyl sites for hydroxylation is 1. The van der Waals surface area contributed by atoms with Crippen molar-refractivity contribution in [2.75, 3.05) is 23.7 Å². The fourth-order valence-corrected chi connectivity index (χ4v) is 4.00. The molecule has 31 heavy (non-hydrogen) atoms. The van der Waals surface area contributed by atoms with Gasteiger partial charge in [-0.1, -0.05) is 24.3 Å². The largest absolute Gasteiger partial charge is 0.416 e. The van der Waals surface area contributed by atoms with Crippen LogP contribution >= 0.6 is 0 Å². The number of nitrogen functional groups attached to an aromatic ring is 1. The number of carbonyl (C=O) groups is 1. The minimum Gasteiger partial charge on any atom is -0.383 e. The molecule has 0 unspecified atom stereocenters. The first-order valence-corrected chi connectivity index (χ1v) is 9.82. The van der Waals surface area contributed by atoms with Crippen LogP contribution in [0.25, 0.3) is 11.3 Å². The van der Waals surface area contributed by atoms with E-state index in [0.29, 0.717) is 24.2 Å². The number of fused-ring (bicyclic) bond motifs is 1. The SMILES string of the molecule is Cn1nc(-c2ccc3c(c2)CCN3CCc2cccc(C(F)(F)F)c2)c(C(N)=O)c1N. The first-order valence-electron chi connectivity index (χ1n) is 9.82. The number of anilines is 2. The molecule has 9 heteroatoms. The van der Waals surface area contributed by atoms with Crippen molar-refractivity contribution in [1.82, 2.24) is 9.78 Å². The van der Waals surface area contributed by atoms with Gasteiger partial charge in [-0.3, -0.25) is 9.48 Å². The highest BCUT2D eigenvalue weighted by molar-refractivity contribution is 6.03. The van der Waals surface area contributed by atoms with Gasteiger partial charge in [0.2, 0.25) is 0 Å². The van der Waals surface area contributed by atoms with Crippen LogP contribution in [0.2, 0.25) is 0 Å². The van der Waals surface area contributed by atoms with E-state index in [9.17, 15) is 18.0 Å². The maximum absolute atomic E-state index is 12.9. The molecule has 0 atom stereocenters. The second-order valence-corrected chi connectivity index (χ2v) is 7.63. The highest BCUT2D eigenvalue weighted by Crippen LogP contribution is 2.34. The van der Waals surface area contributed by atoms with Crippen molar-refractivity contribution in [3.8, 4) is 11.3 Å². The summed E-state index contributed by atoms with van der Waals surface area (Å²) in [5.74, 6) is -0.422. The summed E-state index contributed by atoms with van der Waals surface area (Å²) in [6.45, 7) is 1.38. The van der Waals surface area contributed by atoms with Crippen molar-refractivity contribution in [3.63, 3.8) is 0 Å². The third-order valence-electron chi connectivity index (χ3n) is 5.61. The Kier molecular flexibility index (Phi) is 5.12. The Morgan fingerprint density at radius 3 is 2.68 bits per heavy atom. The molecular weight excluding hydrogens is 407 g/mol. The predicted octanol–water partition coefficient (Wildman–Crippen LogP) is 3.39. The van der Waals surface area contributed by atoms with E-state index in [4.69, 9.17) is 11.5 Å². The number of rotatable bonds is 5. The lowest BCUT2D eigenvalue weighted by atomic mass is 10.0. The fourth-order valence-electron chi connectivity index (χ4n) is 4.00. The highest BCUT2D eigenvalue weighted by Gasteiger charge is 2.30.